The van der Waals surface area contributed by atoms with E-state index >= 15 is 0 Å². The molecule has 0 radical (unpaired) electrons. The van der Waals surface area contributed by atoms with Crippen molar-refractivity contribution in [3.63, 3.8) is 0 Å². The van der Waals surface area contributed by atoms with Crippen LogP contribution in [0, 0.1) is 11.2 Å². The van der Waals surface area contributed by atoms with Crippen LogP contribution in [0.5, 0.6) is 0 Å². The van der Waals surface area contributed by atoms with E-state index < -0.39 is 41.5 Å². The highest BCUT2D eigenvalue weighted by Crippen LogP contribution is 2.24. The molecule has 0 aliphatic carbocycles. The predicted molar refractivity (Wildman–Crippen MR) is 134 cm³/mol. The molecule has 3 rings (SSSR count). The number of carbonyl (C=O) groups excluding carboxylic acids is 3. The van der Waals surface area contributed by atoms with Gasteiger partial charge in [0.1, 0.15) is 17.6 Å². The zero-order valence-corrected chi connectivity index (χ0v) is 20.9. The smallest absolute Gasteiger partial charge is 0.335 e. The molecular formula is C25H26ClFN4O6. The number of Topliss-reactive ketones (excluding diaryl/α,β-unsaturated/α-hetero) is 1. The Morgan fingerprint density at radius 3 is 2.62 bits per heavy atom. The number of carboxylic acid groups (broad SMARTS) is 1. The van der Waals surface area contributed by atoms with E-state index in [9.17, 15) is 28.7 Å². The molecule has 37 heavy (non-hydrogen) atoms. The molecule has 0 spiro atoms. The molecule has 1 aliphatic rings. The number of rotatable bonds is 10. The molecule has 196 valence electrons. The summed E-state index contributed by atoms with van der Waals surface area (Å²) >= 11 is 5.79. The Hall–Kier alpha value is -3.83. The van der Waals surface area contributed by atoms with Crippen LogP contribution < -0.4 is 10.6 Å². The number of ether oxygens (including phenoxy) is 1. The van der Waals surface area contributed by atoms with E-state index in [0.29, 0.717) is 6.42 Å². The Balaban J connectivity index is 1.75. The van der Waals surface area contributed by atoms with Crippen LogP contribution in [0.4, 0.5) is 10.1 Å². The molecule has 4 N–H and O–H groups in total. The lowest BCUT2D eigenvalue weighted by molar-refractivity contribution is -0.140. The first kappa shape index (κ1) is 27.8. The fraction of sp³-hybridized carbons (Fsp3) is 0.320. The van der Waals surface area contributed by atoms with E-state index in [0.717, 1.165) is 0 Å². The first-order valence-electron chi connectivity index (χ1n) is 11.3. The fourth-order valence-corrected chi connectivity index (χ4v) is 4.27. The molecule has 2 aromatic carbocycles. The van der Waals surface area contributed by atoms with E-state index in [2.05, 4.69) is 10.6 Å². The third-order valence-corrected chi connectivity index (χ3v) is 6.33. The van der Waals surface area contributed by atoms with Crippen molar-refractivity contribution in [2.24, 2.45) is 0 Å². The molecule has 0 aromatic heterocycles. The van der Waals surface area contributed by atoms with Crippen molar-refractivity contribution >= 4 is 46.6 Å². The van der Waals surface area contributed by atoms with Gasteiger partial charge in [0.15, 0.2) is 5.78 Å². The molecule has 2 aromatic rings. The van der Waals surface area contributed by atoms with Gasteiger partial charge in [-0.3, -0.25) is 19.8 Å². The van der Waals surface area contributed by atoms with Crippen molar-refractivity contribution in [1.82, 2.24) is 10.2 Å². The normalized spacial score (nSPS) is 16.8. The number of halogens is 2. The standard InChI is InChI=1S/C25H26ClFN4O6/c1-13(32)22(28)16-7-6-14(25(35)36)10-18(16)29-12-20(33)31-9-8-19(37-2)23(31)24(34)30-11-15-4-3-5-17(26)21(15)27/h3-7,10,19,23,28-29H,8-9,11-12H2,1-2H3,(H,30,34)(H,35,36)/t19-,23+/m1/s1. The predicted octanol–water partition coefficient (Wildman–Crippen LogP) is 2.48. The number of likely N-dealkylation sites (tertiary alicyclic amines) is 1. The summed E-state index contributed by atoms with van der Waals surface area (Å²) < 4.78 is 19.6. The minimum absolute atomic E-state index is 0.0746. The maximum atomic E-state index is 14.2. The van der Waals surface area contributed by atoms with Crippen molar-refractivity contribution in [3.8, 4) is 0 Å². The van der Waals surface area contributed by atoms with Gasteiger partial charge >= 0.3 is 5.97 Å². The Labute approximate surface area is 217 Å². The van der Waals surface area contributed by atoms with Crippen LogP contribution in [-0.4, -0.2) is 71.6 Å². The molecule has 1 fully saturated rings. The zero-order chi connectivity index (χ0) is 27.3. The van der Waals surface area contributed by atoms with E-state index in [1.807, 2.05) is 0 Å². The summed E-state index contributed by atoms with van der Waals surface area (Å²) in [5.74, 6) is -3.43. The summed E-state index contributed by atoms with van der Waals surface area (Å²) in [5, 5.41) is 22.7. The van der Waals surface area contributed by atoms with Crippen molar-refractivity contribution in [2.75, 3.05) is 25.5 Å². The summed E-state index contributed by atoms with van der Waals surface area (Å²) in [6.07, 6.45) is -0.203. The second kappa shape index (κ2) is 11.9. The van der Waals surface area contributed by atoms with E-state index in [1.165, 1.54) is 49.3 Å². The average Bonchev–Trinajstić information content (AvgIpc) is 3.31. The monoisotopic (exact) mass is 532 g/mol. The lowest BCUT2D eigenvalue weighted by atomic mass is 10.0. The van der Waals surface area contributed by atoms with Crippen LogP contribution >= 0.6 is 11.6 Å². The number of amides is 2. The van der Waals surface area contributed by atoms with Crippen molar-refractivity contribution in [2.45, 2.75) is 32.0 Å². The summed E-state index contributed by atoms with van der Waals surface area (Å²) in [5.41, 5.74) is -0.00185. The third kappa shape index (κ3) is 6.30. The quantitative estimate of drug-likeness (QED) is 0.343. The van der Waals surface area contributed by atoms with Crippen LogP contribution in [-0.2, 0) is 25.7 Å². The number of carbonyl (C=O) groups is 4. The van der Waals surface area contributed by atoms with E-state index in [1.54, 1.807) is 6.07 Å². The lowest BCUT2D eigenvalue weighted by Crippen LogP contribution is -2.51. The van der Waals surface area contributed by atoms with Gasteiger partial charge in [-0.25, -0.2) is 9.18 Å². The summed E-state index contributed by atoms with van der Waals surface area (Å²) in [4.78, 5) is 50.6. The van der Waals surface area contributed by atoms with Crippen LogP contribution in [0.15, 0.2) is 36.4 Å². The van der Waals surface area contributed by atoms with Crippen molar-refractivity contribution < 1.29 is 33.4 Å². The number of anilines is 1. The Bertz CT molecular complexity index is 1250. The summed E-state index contributed by atoms with van der Waals surface area (Å²) in [6.45, 7) is 0.936. The molecular weight excluding hydrogens is 507 g/mol. The molecule has 2 amide bonds. The number of methoxy groups -OCH3 is 1. The molecule has 0 bridgehead atoms. The molecule has 1 aliphatic heterocycles. The second-order valence-corrected chi connectivity index (χ2v) is 8.78. The molecule has 12 heteroatoms. The van der Waals surface area contributed by atoms with Gasteiger partial charge < -0.3 is 25.4 Å². The second-order valence-electron chi connectivity index (χ2n) is 8.38. The van der Waals surface area contributed by atoms with Crippen molar-refractivity contribution in [3.05, 3.63) is 63.9 Å². The minimum Gasteiger partial charge on any atom is -0.478 e. The molecule has 10 nitrogen and oxygen atoms in total. The van der Waals surface area contributed by atoms with Gasteiger partial charge in [-0.05, 0) is 30.7 Å². The van der Waals surface area contributed by atoms with E-state index in [4.69, 9.17) is 21.7 Å². The van der Waals surface area contributed by atoms with Crippen LogP contribution in [0.3, 0.4) is 0 Å². The van der Waals surface area contributed by atoms with Gasteiger partial charge in [0.2, 0.25) is 11.8 Å². The highest BCUT2D eigenvalue weighted by molar-refractivity contribution is 6.45. The highest BCUT2D eigenvalue weighted by Gasteiger charge is 2.42. The fourth-order valence-electron chi connectivity index (χ4n) is 4.08. The van der Waals surface area contributed by atoms with Crippen LogP contribution in [0.2, 0.25) is 5.02 Å². The summed E-state index contributed by atoms with van der Waals surface area (Å²) in [7, 11) is 1.42. The number of hydrogen-bond donors (Lipinski definition) is 4. The van der Waals surface area contributed by atoms with E-state index in [-0.39, 0.29) is 52.7 Å². The molecule has 1 heterocycles. The topological polar surface area (TPSA) is 149 Å². The van der Waals surface area contributed by atoms with Gasteiger partial charge in [0.25, 0.3) is 0 Å². The van der Waals surface area contributed by atoms with Gasteiger partial charge in [-0.1, -0.05) is 23.7 Å². The Morgan fingerprint density at radius 1 is 1.24 bits per heavy atom. The Kier molecular flexibility index (Phi) is 8.95. The molecule has 0 saturated carbocycles. The summed E-state index contributed by atoms with van der Waals surface area (Å²) in [6, 6.07) is 7.26. The molecule has 2 atom stereocenters. The van der Waals surface area contributed by atoms with Gasteiger partial charge in [0.05, 0.1) is 23.2 Å². The number of carboxylic acids is 1. The maximum absolute atomic E-state index is 14.2. The van der Waals surface area contributed by atoms with Gasteiger partial charge in [0, 0.05) is 43.9 Å². The highest BCUT2D eigenvalue weighted by atomic mass is 35.5. The average molecular weight is 533 g/mol. The zero-order valence-electron chi connectivity index (χ0n) is 20.1. The third-order valence-electron chi connectivity index (χ3n) is 6.04. The molecule has 1 saturated heterocycles. The number of nitrogens with zero attached hydrogens (tertiary/aromatic N) is 1. The number of hydrogen-bond acceptors (Lipinski definition) is 7. The van der Waals surface area contributed by atoms with Crippen LogP contribution in [0.1, 0.15) is 34.8 Å². The SMILES string of the molecule is CO[C@@H]1CCN(C(=O)CNc2cc(C(=O)O)ccc2C(=N)C(C)=O)[C@@H]1C(=O)NCc1cccc(Cl)c1F. The number of nitrogens with one attached hydrogen (secondary N) is 3. The number of ketones is 1. The first-order chi connectivity index (χ1) is 17.5. The minimum atomic E-state index is -1.22. The maximum Gasteiger partial charge on any atom is 0.335 e. The van der Waals surface area contributed by atoms with Crippen LogP contribution in [0.25, 0.3) is 0 Å². The number of benzene rings is 2. The lowest BCUT2D eigenvalue weighted by Gasteiger charge is -2.27. The number of aromatic carboxylic acids is 1. The molecule has 0 unspecified atom stereocenters. The largest absolute Gasteiger partial charge is 0.478 e. The Morgan fingerprint density at radius 2 is 1.97 bits per heavy atom. The first-order valence-corrected chi connectivity index (χ1v) is 11.7. The van der Waals surface area contributed by atoms with Gasteiger partial charge in [-0.2, -0.15) is 0 Å². The van der Waals surface area contributed by atoms with Gasteiger partial charge in [-0.15, -0.1) is 0 Å². The van der Waals surface area contributed by atoms with Crippen molar-refractivity contribution in [1.29, 1.82) is 5.41 Å².